The zero-order chi connectivity index (χ0) is 16.1. The average molecular weight is 319 g/mol. The SMILES string of the molecule is CCN(CC)c1cc(C(=O)Nc2ccc(Cl)cc2)nc(C)n1. The van der Waals surface area contributed by atoms with Crippen molar-refractivity contribution in [2.24, 2.45) is 0 Å². The van der Waals surface area contributed by atoms with E-state index in [0.717, 1.165) is 18.9 Å². The molecule has 1 N–H and O–H groups in total. The number of hydrogen-bond donors (Lipinski definition) is 1. The van der Waals surface area contributed by atoms with Crippen molar-refractivity contribution >= 4 is 29.0 Å². The molecule has 0 aliphatic heterocycles. The number of hydrogen-bond acceptors (Lipinski definition) is 4. The van der Waals surface area contributed by atoms with Gasteiger partial charge >= 0.3 is 0 Å². The Kier molecular flexibility index (Phi) is 5.33. The van der Waals surface area contributed by atoms with Gasteiger partial charge in [-0.25, -0.2) is 9.97 Å². The van der Waals surface area contributed by atoms with Crippen LogP contribution in [-0.2, 0) is 0 Å². The van der Waals surface area contributed by atoms with Crippen LogP contribution >= 0.6 is 11.6 Å². The summed E-state index contributed by atoms with van der Waals surface area (Å²) in [5.41, 5.74) is 1.03. The summed E-state index contributed by atoms with van der Waals surface area (Å²) < 4.78 is 0. The van der Waals surface area contributed by atoms with Gasteiger partial charge in [0.15, 0.2) is 0 Å². The third-order valence-electron chi connectivity index (χ3n) is 3.25. The van der Waals surface area contributed by atoms with Crippen molar-refractivity contribution in [2.75, 3.05) is 23.3 Å². The highest BCUT2D eigenvalue weighted by Crippen LogP contribution is 2.16. The molecule has 0 saturated carbocycles. The first-order chi connectivity index (χ1) is 10.5. The first-order valence-electron chi connectivity index (χ1n) is 7.21. The van der Waals surface area contributed by atoms with Crippen molar-refractivity contribution in [2.45, 2.75) is 20.8 Å². The predicted octanol–water partition coefficient (Wildman–Crippen LogP) is 3.54. The first-order valence-corrected chi connectivity index (χ1v) is 7.58. The van der Waals surface area contributed by atoms with Crippen LogP contribution in [0.15, 0.2) is 30.3 Å². The highest BCUT2D eigenvalue weighted by molar-refractivity contribution is 6.30. The number of nitrogens with one attached hydrogen (secondary N) is 1. The Hall–Kier alpha value is -2.14. The van der Waals surface area contributed by atoms with E-state index in [1.54, 1.807) is 37.3 Å². The monoisotopic (exact) mass is 318 g/mol. The number of amides is 1. The Labute approximate surface area is 135 Å². The van der Waals surface area contributed by atoms with Crippen molar-refractivity contribution in [1.82, 2.24) is 9.97 Å². The molecule has 1 aromatic carbocycles. The Balaban J connectivity index is 2.23. The third-order valence-corrected chi connectivity index (χ3v) is 3.50. The summed E-state index contributed by atoms with van der Waals surface area (Å²) in [5.74, 6) is 1.07. The largest absolute Gasteiger partial charge is 0.357 e. The lowest BCUT2D eigenvalue weighted by atomic mass is 10.3. The molecular weight excluding hydrogens is 300 g/mol. The number of anilines is 2. The van der Waals surface area contributed by atoms with Gasteiger partial charge in [-0.2, -0.15) is 0 Å². The van der Waals surface area contributed by atoms with Gasteiger partial charge in [0.05, 0.1) is 0 Å². The molecule has 1 heterocycles. The Morgan fingerprint density at radius 3 is 2.41 bits per heavy atom. The fraction of sp³-hybridized carbons (Fsp3) is 0.312. The van der Waals surface area contributed by atoms with Gasteiger partial charge in [-0.3, -0.25) is 4.79 Å². The lowest BCUT2D eigenvalue weighted by Gasteiger charge is -2.20. The quantitative estimate of drug-likeness (QED) is 0.916. The minimum atomic E-state index is -0.263. The summed E-state index contributed by atoms with van der Waals surface area (Å²) in [4.78, 5) is 23.0. The summed E-state index contributed by atoms with van der Waals surface area (Å²) in [5, 5.41) is 3.43. The molecule has 0 unspecified atom stereocenters. The second-order valence-electron chi connectivity index (χ2n) is 4.79. The molecule has 0 spiro atoms. The molecule has 5 nitrogen and oxygen atoms in total. The van der Waals surface area contributed by atoms with Crippen molar-refractivity contribution in [3.05, 3.63) is 46.9 Å². The highest BCUT2D eigenvalue weighted by Gasteiger charge is 2.13. The van der Waals surface area contributed by atoms with Crippen LogP contribution in [0, 0.1) is 6.92 Å². The lowest BCUT2D eigenvalue weighted by Crippen LogP contribution is -2.24. The summed E-state index contributed by atoms with van der Waals surface area (Å²) in [7, 11) is 0. The number of carbonyl (C=O) groups is 1. The number of benzene rings is 1. The zero-order valence-corrected chi connectivity index (χ0v) is 13.7. The molecule has 0 fully saturated rings. The molecule has 0 atom stereocenters. The molecular formula is C16H19ClN4O. The van der Waals surface area contributed by atoms with Crippen LogP contribution in [0.3, 0.4) is 0 Å². The minimum absolute atomic E-state index is 0.263. The normalized spacial score (nSPS) is 10.4. The molecule has 2 aromatic rings. The van der Waals surface area contributed by atoms with Gasteiger partial charge in [0.1, 0.15) is 17.3 Å². The van der Waals surface area contributed by atoms with Gasteiger partial charge in [0, 0.05) is 29.9 Å². The molecule has 116 valence electrons. The smallest absolute Gasteiger partial charge is 0.274 e. The Morgan fingerprint density at radius 2 is 1.82 bits per heavy atom. The number of aromatic nitrogens is 2. The molecule has 0 radical (unpaired) electrons. The average Bonchev–Trinajstić information content (AvgIpc) is 2.50. The number of halogens is 1. The van der Waals surface area contributed by atoms with E-state index in [-0.39, 0.29) is 5.91 Å². The first kappa shape index (κ1) is 16.2. The number of aryl methyl sites for hydroxylation is 1. The topological polar surface area (TPSA) is 58.1 Å². The van der Waals surface area contributed by atoms with E-state index in [9.17, 15) is 4.79 Å². The maximum atomic E-state index is 12.3. The van der Waals surface area contributed by atoms with Crippen molar-refractivity contribution in [3.8, 4) is 0 Å². The second-order valence-corrected chi connectivity index (χ2v) is 5.23. The van der Waals surface area contributed by atoms with Gasteiger partial charge in [-0.05, 0) is 45.0 Å². The fourth-order valence-electron chi connectivity index (χ4n) is 2.11. The van der Waals surface area contributed by atoms with E-state index >= 15 is 0 Å². The van der Waals surface area contributed by atoms with Crippen LogP contribution in [0.25, 0.3) is 0 Å². The number of carbonyl (C=O) groups excluding carboxylic acids is 1. The number of rotatable bonds is 5. The summed E-state index contributed by atoms with van der Waals surface area (Å²) >= 11 is 5.83. The van der Waals surface area contributed by atoms with E-state index in [0.29, 0.717) is 22.2 Å². The standard InChI is InChI=1S/C16H19ClN4O/c1-4-21(5-2)15-10-14(18-11(3)19-15)16(22)20-13-8-6-12(17)7-9-13/h6-10H,4-5H2,1-3H3,(H,20,22). The van der Waals surface area contributed by atoms with E-state index in [4.69, 9.17) is 11.6 Å². The van der Waals surface area contributed by atoms with Gasteiger partial charge in [-0.15, -0.1) is 0 Å². The molecule has 1 aromatic heterocycles. The van der Waals surface area contributed by atoms with Crippen molar-refractivity contribution < 1.29 is 4.79 Å². The molecule has 1 amide bonds. The lowest BCUT2D eigenvalue weighted by molar-refractivity contribution is 0.102. The molecule has 0 bridgehead atoms. The van der Waals surface area contributed by atoms with Crippen LogP contribution in [0.4, 0.5) is 11.5 Å². The fourth-order valence-corrected chi connectivity index (χ4v) is 2.23. The second kappa shape index (κ2) is 7.22. The van der Waals surface area contributed by atoms with E-state index in [2.05, 4.69) is 20.2 Å². The Bertz CT molecular complexity index is 654. The highest BCUT2D eigenvalue weighted by atomic mass is 35.5. The summed E-state index contributed by atoms with van der Waals surface area (Å²) in [6, 6.07) is 8.66. The van der Waals surface area contributed by atoms with Crippen LogP contribution in [0.2, 0.25) is 5.02 Å². The van der Waals surface area contributed by atoms with Gasteiger partial charge in [-0.1, -0.05) is 11.6 Å². The molecule has 0 aliphatic rings. The van der Waals surface area contributed by atoms with Crippen LogP contribution in [-0.4, -0.2) is 29.0 Å². The minimum Gasteiger partial charge on any atom is -0.357 e. The van der Waals surface area contributed by atoms with E-state index in [1.807, 2.05) is 13.8 Å². The van der Waals surface area contributed by atoms with Gasteiger partial charge < -0.3 is 10.2 Å². The van der Waals surface area contributed by atoms with Crippen LogP contribution in [0.1, 0.15) is 30.2 Å². The van der Waals surface area contributed by atoms with Crippen LogP contribution in [0.5, 0.6) is 0 Å². The molecule has 2 rings (SSSR count). The van der Waals surface area contributed by atoms with Crippen molar-refractivity contribution in [1.29, 1.82) is 0 Å². The van der Waals surface area contributed by atoms with E-state index in [1.165, 1.54) is 0 Å². The predicted molar refractivity (Wildman–Crippen MR) is 89.7 cm³/mol. The zero-order valence-electron chi connectivity index (χ0n) is 12.9. The molecule has 22 heavy (non-hydrogen) atoms. The van der Waals surface area contributed by atoms with Gasteiger partial charge in [0.25, 0.3) is 5.91 Å². The Morgan fingerprint density at radius 1 is 1.18 bits per heavy atom. The molecule has 0 saturated heterocycles. The van der Waals surface area contributed by atoms with Gasteiger partial charge in [0.2, 0.25) is 0 Å². The third kappa shape index (κ3) is 3.95. The van der Waals surface area contributed by atoms with Crippen LogP contribution < -0.4 is 10.2 Å². The maximum Gasteiger partial charge on any atom is 0.274 e. The molecule has 0 aliphatic carbocycles. The van der Waals surface area contributed by atoms with E-state index < -0.39 is 0 Å². The maximum absolute atomic E-state index is 12.3. The number of nitrogens with zero attached hydrogens (tertiary/aromatic N) is 3. The molecule has 6 heteroatoms. The summed E-state index contributed by atoms with van der Waals surface area (Å²) in [6.07, 6.45) is 0. The summed E-state index contributed by atoms with van der Waals surface area (Å²) in [6.45, 7) is 7.53. The van der Waals surface area contributed by atoms with Crippen molar-refractivity contribution in [3.63, 3.8) is 0 Å².